The van der Waals surface area contributed by atoms with Crippen molar-refractivity contribution in [2.45, 2.75) is 19.4 Å². The van der Waals surface area contributed by atoms with Crippen molar-refractivity contribution in [2.75, 3.05) is 39.8 Å². The predicted octanol–water partition coefficient (Wildman–Crippen LogP) is 1.03. The summed E-state index contributed by atoms with van der Waals surface area (Å²) in [6, 6.07) is 9.42. The molecular weight excluding hydrogens is 222 g/mol. The highest BCUT2D eigenvalue weighted by Crippen LogP contribution is 2.04. The van der Waals surface area contributed by atoms with Crippen LogP contribution in [0.25, 0.3) is 0 Å². The number of likely N-dealkylation sites (N-methyl/N-ethyl adjacent to an activating group) is 1. The summed E-state index contributed by atoms with van der Waals surface area (Å²) >= 11 is 0. The Balaban J connectivity index is 1.66. The van der Waals surface area contributed by atoms with E-state index in [9.17, 15) is 0 Å². The van der Waals surface area contributed by atoms with Gasteiger partial charge in [0.15, 0.2) is 0 Å². The quantitative estimate of drug-likeness (QED) is 0.761. The summed E-state index contributed by atoms with van der Waals surface area (Å²) < 4.78 is 0. The van der Waals surface area contributed by atoms with Gasteiger partial charge in [-0.15, -0.1) is 0 Å². The molecule has 0 bridgehead atoms. The second kappa shape index (κ2) is 6.88. The van der Waals surface area contributed by atoms with Crippen LogP contribution in [0.1, 0.15) is 11.1 Å². The number of hydrogen-bond acceptors (Lipinski definition) is 3. The fourth-order valence-electron chi connectivity index (χ4n) is 2.46. The van der Waals surface area contributed by atoms with Gasteiger partial charge in [0.05, 0.1) is 0 Å². The third-order valence-corrected chi connectivity index (χ3v) is 3.70. The van der Waals surface area contributed by atoms with E-state index in [0.29, 0.717) is 6.04 Å². The highest BCUT2D eigenvalue weighted by Gasteiger charge is 2.17. The zero-order valence-corrected chi connectivity index (χ0v) is 11.6. The van der Waals surface area contributed by atoms with Crippen molar-refractivity contribution in [3.05, 3.63) is 35.4 Å². The Morgan fingerprint density at radius 3 is 3.11 bits per heavy atom. The van der Waals surface area contributed by atoms with E-state index in [1.54, 1.807) is 0 Å². The average Bonchev–Trinajstić information content (AvgIpc) is 2.37. The second-order valence-electron chi connectivity index (χ2n) is 5.28. The molecule has 1 aromatic rings. The molecule has 1 heterocycles. The molecular formula is C15H25N3. The fraction of sp³-hybridized carbons (Fsp3) is 0.600. The summed E-state index contributed by atoms with van der Waals surface area (Å²) in [6.45, 7) is 7.68. The Bertz CT molecular complexity index is 365. The van der Waals surface area contributed by atoms with E-state index in [2.05, 4.69) is 53.8 Å². The second-order valence-corrected chi connectivity index (χ2v) is 5.28. The molecule has 3 heteroatoms. The number of piperazine rings is 1. The first-order chi connectivity index (χ1) is 8.75. The Kier molecular flexibility index (Phi) is 5.17. The maximum absolute atomic E-state index is 3.57. The molecule has 0 spiro atoms. The molecule has 1 saturated heterocycles. The van der Waals surface area contributed by atoms with Gasteiger partial charge in [0.1, 0.15) is 0 Å². The molecule has 2 rings (SSSR count). The summed E-state index contributed by atoms with van der Waals surface area (Å²) in [5.74, 6) is 0. The lowest BCUT2D eigenvalue weighted by Gasteiger charge is -2.33. The van der Waals surface area contributed by atoms with E-state index in [4.69, 9.17) is 0 Å². The van der Waals surface area contributed by atoms with Crippen LogP contribution in [0.4, 0.5) is 0 Å². The van der Waals surface area contributed by atoms with Gasteiger partial charge in [-0.3, -0.25) is 4.90 Å². The molecule has 0 amide bonds. The van der Waals surface area contributed by atoms with Gasteiger partial charge in [0.2, 0.25) is 0 Å². The molecule has 100 valence electrons. The SMILES string of the molecule is Cc1cccc(CCNCC2CNCCN2C)c1. The van der Waals surface area contributed by atoms with Gasteiger partial charge < -0.3 is 10.6 Å². The Labute approximate surface area is 111 Å². The van der Waals surface area contributed by atoms with Crippen LogP contribution >= 0.6 is 0 Å². The van der Waals surface area contributed by atoms with Crippen LogP contribution in [0.3, 0.4) is 0 Å². The number of benzene rings is 1. The smallest absolute Gasteiger partial charge is 0.0342 e. The lowest BCUT2D eigenvalue weighted by Crippen LogP contribution is -2.53. The molecule has 1 atom stereocenters. The molecule has 1 unspecified atom stereocenters. The molecule has 0 aromatic heterocycles. The molecule has 18 heavy (non-hydrogen) atoms. The molecule has 2 N–H and O–H groups in total. The van der Waals surface area contributed by atoms with E-state index >= 15 is 0 Å². The Morgan fingerprint density at radius 2 is 2.33 bits per heavy atom. The normalized spacial score (nSPS) is 21.1. The first kappa shape index (κ1) is 13.5. The molecule has 0 saturated carbocycles. The molecule has 1 aliphatic heterocycles. The number of rotatable bonds is 5. The molecule has 0 aliphatic carbocycles. The maximum atomic E-state index is 3.57. The van der Waals surface area contributed by atoms with E-state index in [0.717, 1.165) is 39.1 Å². The Hall–Kier alpha value is -0.900. The van der Waals surface area contributed by atoms with Crippen molar-refractivity contribution in [3.8, 4) is 0 Å². The minimum Gasteiger partial charge on any atom is -0.315 e. The zero-order chi connectivity index (χ0) is 12.8. The van der Waals surface area contributed by atoms with Crippen LogP contribution in [0.2, 0.25) is 0 Å². The minimum atomic E-state index is 0.635. The largest absolute Gasteiger partial charge is 0.315 e. The standard InChI is InChI=1S/C15H25N3/c1-13-4-3-5-14(10-13)6-7-16-11-15-12-17-8-9-18(15)2/h3-5,10,15-17H,6-9,11-12H2,1-2H3. The van der Waals surface area contributed by atoms with Crippen molar-refractivity contribution in [3.63, 3.8) is 0 Å². The molecule has 0 radical (unpaired) electrons. The molecule has 1 fully saturated rings. The van der Waals surface area contributed by atoms with Crippen LogP contribution in [0.5, 0.6) is 0 Å². The van der Waals surface area contributed by atoms with Crippen LogP contribution in [0.15, 0.2) is 24.3 Å². The lowest BCUT2D eigenvalue weighted by molar-refractivity contribution is 0.196. The van der Waals surface area contributed by atoms with E-state index in [1.165, 1.54) is 11.1 Å². The maximum Gasteiger partial charge on any atom is 0.0342 e. The molecule has 1 aromatic carbocycles. The van der Waals surface area contributed by atoms with Gasteiger partial charge in [0.25, 0.3) is 0 Å². The highest BCUT2D eigenvalue weighted by molar-refractivity contribution is 5.22. The third kappa shape index (κ3) is 4.09. The van der Waals surface area contributed by atoms with Crippen LogP contribution < -0.4 is 10.6 Å². The topological polar surface area (TPSA) is 27.3 Å². The minimum absolute atomic E-state index is 0.635. The monoisotopic (exact) mass is 247 g/mol. The fourth-order valence-corrected chi connectivity index (χ4v) is 2.46. The summed E-state index contributed by atoms with van der Waals surface area (Å²) in [7, 11) is 2.22. The number of nitrogens with one attached hydrogen (secondary N) is 2. The third-order valence-electron chi connectivity index (χ3n) is 3.70. The zero-order valence-electron chi connectivity index (χ0n) is 11.6. The van der Waals surface area contributed by atoms with Gasteiger partial charge in [0, 0.05) is 32.2 Å². The van der Waals surface area contributed by atoms with Crippen molar-refractivity contribution >= 4 is 0 Å². The number of hydrogen-bond donors (Lipinski definition) is 2. The summed E-state index contributed by atoms with van der Waals surface area (Å²) in [4.78, 5) is 2.44. The molecule has 3 nitrogen and oxygen atoms in total. The van der Waals surface area contributed by atoms with Gasteiger partial charge in [-0.1, -0.05) is 29.8 Å². The lowest BCUT2D eigenvalue weighted by atomic mass is 10.1. The van der Waals surface area contributed by atoms with Crippen molar-refractivity contribution < 1.29 is 0 Å². The summed E-state index contributed by atoms with van der Waals surface area (Å²) in [5, 5.41) is 7.02. The first-order valence-corrected chi connectivity index (χ1v) is 6.93. The van der Waals surface area contributed by atoms with Crippen LogP contribution in [-0.4, -0.2) is 50.7 Å². The number of aryl methyl sites for hydroxylation is 1. The van der Waals surface area contributed by atoms with E-state index < -0.39 is 0 Å². The van der Waals surface area contributed by atoms with Gasteiger partial charge in [-0.2, -0.15) is 0 Å². The van der Waals surface area contributed by atoms with Gasteiger partial charge in [-0.25, -0.2) is 0 Å². The Morgan fingerprint density at radius 1 is 1.44 bits per heavy atom. The van der Waals surface area contributed by atoms with Crippen molar-refractivity contribution in [1.29, 1.82) is 0 Å². The van der Waals surface area contributed by atoms with Crippen LogP contribution in [0, 0.1) is 6.92 Å². The highest BCUT2D eigenvalue weighted by atomic mass is 15.2. The van der Waals surface area contributed by atoms with Gasteiger partial charge in [-0.05, 0) is 32.5 Å². The summed E-state index contributed by atoms with van der Waals surface area (Å²) in [5.41, 5.74) is 2.78. The number of nitrogens with zero attached hydrogens (tertiary/aromatic N) is 1. The molecule has 1 aliphatic rings. The van der Waals surface area contributed by atoms with Crippen LogP contribution in [-0.2, 0) is 6.42 Å². The summed E-state index contributed by atoms with van der Waals surface area (Å²) in [6.07, 6.45) is 1.12. The first-order valence-electron chi connectivity index (χ1n) is 6.93. The van der Waals surface area contributed by atoms with Gasteiger partial charge >= 0.3 is 0 Å². The van der Waals surface area contributed by atoms with E-state index in [-0.39, 0.29) is 0 Å². The predicted molar refractivity (Wildman–Crippen MR) is 77.0 cm³/mol. The average molecular weight is 247 g/mol. The van der Waals surface area contributed by atoms with Crippen molar-refractivity contribution in [2.24, 2.45) is 0 Å². The van der Waals surface area contributed by atoms with Crippen molar-refractivity contribution in [1.82, 2.24) is 15.5 Å². The van der Waals surface area contributed by atoms with E-state index in [1.807, 2.05) is 0 Å².